The minimum absolute atomic E-state index is 0.201. The monoisotopic (exact) mass is 507 g/mol. The van der Waals surface area contributed by atoms with Crippen molar-refractivity contribution in [1.29, 1.82) is 0 Å². The van der Waals surface area contributed by atoms with Crippen molar-refractivity contribution < 1.29 is 42.6 Å². The Labute approximate surface area is 209 Å². The maximum Gasteiger partial charge on any atom is 0.104 e. The summed E-state index contributed by atoms with van der Waals surface area (Å²) in [6, 6.07) is 0. The minimum atomic E-state index is -0.201. The Balaban J connectivity index is 3.59. The van der Waals surface area contributed by atoms with E-state index in [1.54, 1.807) is 6.08 Å². The van der Waals surface area contributed by atoms with E-state index in [1.165, 1.54) is 0 Å². The molecule has 0 fully saturated rings. The number of ether oxygens (including phenoxy) is 9. The molecule has 0 aromatic carbocycles. The van der Waals surface area contributed by atoms with E-state index in [9.17, 15) is 0 Å². The van der Waals surface area contributed by atoms with Crippen LogP contribution in [0.15, 0.2) is 17.8 Å². The lowest BCUT2D eigenvalue weighted by atomic mass is 10.4. The highest BCUT2D eigenvalue weighted by Crippen LogP contribution is 1.97. The summed E-state index contributed by atoms with van der Waals surface area (Å²) in [6.07, 6.45) is 2.50. The van der Waals surface area contributed by atoms with Gasteiger partial charge in [-0.2, -0.15) is 0 Å². The molecule has 12 heteroatoms. The molecule has 0 amide bonds. The van der Waals surface area contributed by atoms with Crippen LogP contribution in [0.25, 0.3) is 10.4 Å². The van der Waals surface area contributed by atoms with Gasteiger partial charge in [0.15, 0.2) is 0 Å². The zero-order valence-corrected chi connectivity index (χ0v) is 21.3. The Morgan fingerprint density at radius 3 is 1.63 bits per heavy atom. The lowest BCUT2D eigenvalue weighted by molar-refractivity contribution is -0.0797. The van der Waals surface area contributed by atoms with Gasteiger partial charge in [0.25, 0.3) is 0 Å². The number of hydrogen-bond donors (Lipinski definition) is 0. The van der Waals surface area contributed by atoms with E-state index in [1.807, 2.05) is 0 Å². The van der Waals surface area contributed by atoms with E-state index < -0.39 is 0 Å². The van der Waals surface area contributed by atoms with E-state index in [4.69, 9.17) is 48.2 Å². The predicted octanol–water partition coefficient (Wildman–Crippen LogP) is 2.41. The summed E-state index contributed by atoms with van der Waals surface area (Å²) in [6.45, 7) is 14.3. The van der Waals surface area contributed by atoms with Gasteiger partial charge >= 0.3 is 0 Å². The van der Waals surface area contributed by atoms with Gasteiger partial charge < -0.3 is 42.6 Å². The van der Waals surface area contributed by atoms with Crippen LogP contribution in [0.2, 0.25) is 0 Å². The second-order valence-corrected chi connectivity index (χ2v) is 7.02. The highest BCUT2D eigenvalue weighted by atomic mass is 16.6. The van der Waals surface area contributed by atoms with Crippen LogP contribution < -0.4 is 0 Å². The van der Waals surface area contributed by atoms with E-state index in [2.05, 4.69) is 23.5 Å². The third-order valence-corrected chi connectivity index (χ3v) is 4.03. The van der Waals surface area contributed by atoms with Gasteiger partial charge in [0.2, 0.25) is 0 Å². The molecule has 35 heavy (non-hydrogen) atoms. The first-order valence-electron chi connectivity index (χ1n) is 12.2. The lowest BCUT2D eigenvalue weighted by Gasteiger charge is -2.18. The standard InChI is InChI=1S/C23H45N3O9/c1-3-6-27-9-11-29-15-16-32-19-20-35-23(21-33-7-4-2)22-34-18-17-31-14-13-30-12-10-28-8-5-25-26-24/h4,23H,2-3,5-22H2,1H3. The molecule has 1 atom stereocenters. The summed E-state index contributed by atoms with van der Waals surface area (Å²) < 4.78 is 49.3. The summed E-state index contributed by atoms with van der Waals surface area (Å²) in [5.74, 6) is 0. The Morgan fingerprint density at radius 2 is 1.11 bits per heavy atom. The van der Waals surface area contributed by atoms with Crippen LogP contribution in [-0.4, -0.2) is 125 Å². The van der Waals surface area contributed by atoms with Gasteiger partial charge in [0.1, 0.15) is 6.10 Å². The van der Waals surface area contributed by atoms with Crippen molar-refractivity contribution in [3.63, 3.8) is 0 Å². The van der Waals surface area contributed by atoms with E-state index in [-0.39, 0.29) is 6.10 Å². The molecule has 0 heterocycles. The van der Waals surface area contributed by atoms with Crippen molar-refractivity contribution in [2.24, 2.45) is 5.11 Å². The molecule has 0 aliphatic carbocycles. The van der Waals surface area contributed by atoms with Gasteiger partial charge in [-0.15, -0.1) is 6.58 Å². The topological polar surface area (TPSA) is 132 Å². The largest absolute Gasteiger partial charge is 0.379 e. The zero-order valence-electron chi connectivity index (χ0n) is 21.3. The Kier molecular flexibility index (Phi) is 29.6. The summed E-state index contributed by atoms with van der Waals surface area (Å²) in [4.78, 5) is 2.65. The molecule has 0 radical (unpaired) electrons. The predicted molar refractivity (Wildman–Crippen MR) is 131 cm³/mol. The van der Waals surface area contributed by atoms with Crippen molar-refractivity contribution in [1.82, 2.24) is 0 Å². The van der Waals surface area contributed by atoms with Gasteiger partial charge in [-0.3, -0.25) is 0 Å². The molecule has 0 aliphatic heterocycles. The SMILES string of the molecule is C=CCOCC(COCCOCCOCCOCCN=[N+]=[N-])OCCOCCOCCOCCC. The quantitative estimate of drug-likeness (QED) is 0.0472. The van der Waals surface area contributed by atoms with Crippen LogP contribution >= 0.6 is 0 Å². The summed E-state index contributed by atoms with van der Waals surface area (Å²) in [5.41, 5.74) is 8.14. The van der Waals surface area contributed by atoms with Crippen LogP contribution in [0.5, 0.6) is 0 Å². The van der Waals surface area contributed by atoms with Crippen LogP contribution in [-0.2, 0) is 42.6 Å². The Morgan fingerprint density at radius 1 is 0.657 bits per heavy atom. The second kappa shape index (κ2) is 30.7. The molecule has 0 spiro atoms. The first-order valence-corrected chi connectivity index (χ1v) is 12.2. The van der Waals surface area contributed by atoms with Crippen LogP contribution in [0.1, 0.15) is 13.3 Å². The average molecular weight is 508 g/mol. The maximum atomic E-state index is 8.14. The van der Waals surface area contributed by atoms with Crippen LogP contribution in [0.3, 0.4) is 0 Å². The fraction of sp³-hybridized carbons (Fsp3) is 0.913. The number of hydrogen-bond acceptors (Lipinski definition) is 10. The molecule has 0 bridgehead atoms. The van der Waals surface area contributed by atoms with E-state index in [0.717, 1.165) is 13.0 Å². The van der Waals surface area contributed by atoms with Crippen molar-refractivity contribution in [3.05, 3.63) is 23.1 Å². The van der Waals surface area contributed by atoms with Crippen molar-refractivity contribution in [3.8, 4) is 0 Å². The first kappa shape index (κ1) is 33.7. The zero-order chi connectivity index (χ0) is 25.5. The number of azide groups is 1. The number of rotatable bonds is 30. The third-order valence-electron chi connectivity index (χ3n) is 4.03. The summed E-state index contributed by atoms with van der Waals surface area (Å²) in [5, 5.41) is 3.37. The summed E-state index contributed by atoms with van der Waals surface area (Å²) in [7, 11) is 0. The van der Waals surface area contributed by atoms with Crippen molar-refractivity contribution in [2.45, 2.75) is 19.4 Å². The average Bonchev–Trinajstić information content (AvgIpc) is 2.87. The molecular formula is C23H45N3O9. The van der Waals surface area contributed by atoms with Gasteiger partial charge in [0.05, 0.1) is 106 Å². The highest BCUT2D eigenvalue weighted by Gasteiger charge is 2.10. The first-order chi connectivity index (χ1) is 17.3. The smallest absolute Gasteiger partial charge is 0.104 e. The normalized spacial score (nSPS) is 11.9. The van der Waals surface area contributed by atoms with Gasteiger partial charge in [-0.1, -0.05) is 18.1 Å². The Hall–Kier alpha value is -1.31. The lowest BCUT2D eigenvalue weighted by Crippen LogP contribution is -2.28. The van der Waals surface area contributed by atoms with Gasteiger partial charge in [-0.05, 0) is 12.0 Å². The second-order valence-electron chi connectivity index (χ2n) is 7.02. The number of nitrogens with zero attached hydrogens (tertiary/aromatic N) is 3. The molecule has 0 aromatic rings. The van der Waals surface area contributed by atoms with E-state index in [0.29, 0.717) is 112 Å². The Bertz CT molecular complexity index is 483. The van der Waals surface area contributed by atoms with Crippen LogP contribution in [0.4, 0.5) is 0 Å². The van der Waals surface area contributed by atoms with Crippen LogP contribution in [0, 0.1) is 0 Å². The molecule has 1 unspecified atom stereocenters. The minimum Gasteiger partial charge on any atom is -0.379 e. The van der Waals surface area contributed by atoms with Crippen molar-refractivity contribution in [2.75, 3.05) is 119 Å². The highest BCUT2D eigenvalue weighted by molar-refractivity contribution is 4.65. The fourth-order valence-corrected chi connectivity index (χ4v) is 2.41. The van der Waals surface area contributed by atoms with Gasteiger partial charge in [-0.25, -0.2) is 0 Å². The summed E-state index contributed by atoms with van der Waals surface area (Å²) >= 11 is 0. The third kappa shape index (κ3) is 28.8. The fourth-order valence-electron chi connectivity index (χ4n) is 2.41. The van der Waals surface area contributed by atoms with Crippen molar-refractivity contribution >= 4 is 0 Å². The maximum absolute atomic E-state index is 8.14. The molecule has 0 saturated heterocycles. The molecule has 0 N–H and O–H groups in total. The molecule has 0 rings (SSSR count). The van der Waals surface area contributed by atoms with E-state index >= 15 is 0 Å². The molecule has 0 aromatic heterocycles. The molecular weight excluding hydrogens is 462 g/mol. The molecule has 0 saturated carbocycles. The molecule has 206 valence electrons. The van der Waals surface area contributed by atoms with Gasteiger partial charge in [0, 0.05) is 18.1 Å². The molecule has 0 aliphatic rings. The molecule has 12 nitrogen and oxygen atoms in total.